The van der Waals surface area contributed by atoms with E-state index in [0.29, 0.717) is 24.5 Å². The predicted molar refractivity (Wildman–Crippen MR) is 106 cm³/mol. The molecule has 1 fully saturated rings. The number of rotatable bonds is 5. The average Bonchev–Trinajstić information content (AvgIpc) is 2.98. The van der Waals surface area contributed by atoms with Crippen molar-refractivity contribution >= 4 is 27.2 Å². The van der Waals surface area contributed by atoms with Crippen molar-refractivity contribution < 1.29 is 13.2 Å². The lowest BCUT2D eigenvalue weighted by molar-refractivity contribution is 0.102. The molecule has 0 saturated carbocycles. The van der Waals surface area contributed by atoms with Crippen LogP contribution in [-0.2, 0) is 9.84 Å². The number of amides is 1. The van der Waals surface area contributed by atoms with Crippen molar-refractivity contribution in [2.24, 2.45) is 0 Å². The highest BCUT2D eigenvalue weighted by atomic mass is 32.2. The number of nitrogens with zero attached hydrogens (tertiary/aromatic N) is 3. The molecule has 1 aliphatic rings. The first kappa shape index (κ1) is 19.3. The molecule has 3 rings (SSSR count). The summed E-state index contributed by atoms with van der Waals surface area (Å²) < 4.78 is 23.6. The van der Waals surface area contributed by atoms with E-state index in [9.17, 15) is 13.2 Å². The first-order valence-corrected chi connectivity index (χ1v) is 10.8. The van der Waals surface area contributed by atoms with Crippen LogP contribution in [0.5, 0.6) is 0 Å². The number of anilines is 2. The van der Waals surface area contributed by atoms with Gasteiger partial charge in [0.2, 0.25) is 0 Å². The predicted octanol–water partition coefficient (Wildman–Crippen LogP) is 2.36. The van der Waals surface area contributed by atoms with Crippen LogP contribution in [0, 0.1) is 13.8 Å². The molecule has 0 spiro atoms. The van der Waals surface area contributed by atoms with Crippen LogP contribution in [0.2, 0.25) is 0 Å². The van der Waals surface area contributed by atoms with Gasteiger partial charge in [0.25, 0.3) is 5.91 Å². The van der Waals surface area contributed by atoms with E-state index in [4.69, 9.17) is 0 Å². The van der Waals surface area contributed by atoms with Crippen molar-refractivity contribution in [2.45, 2.75) is 33.2 Å². The van der Waals surface area contributed by atoms with E-state index < -0.39 is 9.84 Å². The Bertz CT molecular complexity index is 959. The van der Waals surface area contributed by atoms with Crippen LogP contribution in [0.25, 0.3) is 0 Å². The lowest BCUT2D eigenvalue weighted by Crippen LogP contribution is -2.37. The van der Waals surface area contributed by atoms with Gasteiger partial charge in [-0.3, -0.25) is 4.79 Å². The summed E-state index contributed by atoms with van der Waals surface area (Å²) in [6.07, 6.45) is 1.92. The summed E-state index contributed by atoms with van der Waals surface area (Å²) in [7, 11) is -3.00. The van der Waals surface area contributed by atoms with Gasteiger partial charge in [-0.25, -0.2) is 18.4 Å². The molecule has 1 aromatic carbocycles. The van der Waals surface area contributed by atoms with E-state index in [-0.39, 0.29) is 29.1 Å². The summed E-state index contributed by atoms with van der Waals surface area (Å²) >= 11 is 0. The molecule has 27 heavy (non-hydrogen) atoms. The number of aromatic nitrogens is 2. The molecule has 1 atom stereocenters. The highest BCUT2D eigenvalue weighted by Crippen LogP contribution is 2.23. The largest absolute Gasteiger partial charge is 0.353 e. The van der Waals surface area contributed by atoms with Gasteiger partial charge in [0.15, 0.2) is 9.84 Å². The van der Waals surface area contributed by atoms with Crippen molar-refractivity contribution in [2.75, 3.05) is 28.3 Å². The number of benzene rings is 1. The van der Waals surface area contributed by atoms with Crippen LogP contribution in [0.4, 0.5) is 11.5 Å². The van der Waals surface area contributed by atoms with E-state index >= 15 is 0 Å². The standard InChI is InChI=1S/C19H24N4O3S/c1-4-23(16-7-8-27(25,26)11-16)18-10-17(20-12-21-18)19(24)22-15-6-5-13(2)14(3)9-15/h5-6,9-10,12,16H,4,7-8,11H2,1-3H3,(H,22,24). The summed E-state index contributed by atoms with van der Waals surface area (Å²) in [5, 5.41) is 2.85. The molecule has 8 heteroatoms. The molecule has 0 radical (unpaired) electrons. The third-order valence-electron chi connectivity index (χ3n) is 4.93. The van der Waals surface area contributed by atoms with E-state index in [0.717, 1.165) is 11.1 Å². The summed E-state index contributed by atoms with van der Waals surface area (Å²) in [5.74, 6) is 0.561. The zero-order chi connectivity index (χ0) is 19.6. The summed E-state index contributed by atoms with van der Waals surface area (Å²) in [4.78, 5) is 22.8. The Morgan fingerprint density at radius 3 is 2.63 bits per heavy atom. The van der Waals surface area contributed by atoms with E-state index in [2.05, 4.69) is 15.3 Å². The maximum atomic E-state index is 12.6. The van der Waals surface area contributed by atoms with Gasteiger partial charge in [0.1, 0.15) is 17.8 Å². The second kappa shape index (κ2) is 7.64. The monoisotopic (exact) mass is 388 g/mol. The topological polar surface area (TPSA) is 92.3 Å². The molecule has 7 nitrogen and oxygen atoms in total. The maximum Gasteiger partial charge on any atom is 0.274 e. The molecule has 2 heterocycles. The Morgan fingerprint density at radius 1 is 1.22 bits per heavy atom. The Balaban J connectivity index is 1.79. The smallest absolute Gasteiger partial charge is 0.274 e. The fourth-order valence-corrected chi connectivity index (χ4v) is 5.00. The minimum absolute atomic E-state index is 0.120. The average molecular weight is 388 g/mol. The minimum atomic E-state index is -3.00. The number of hydrogen-bond acceptors (Lipinski definition) is 6. The van der Waals surface area contributed by atoms with Gasteiger partial charge in [0, 0.05) is 24.3 Å². The van der Waals surface area contributed by atoms with Gasteiger partial charge in [-0.2, -0.15) is 0 Å². The van der Waals surface area contributed by atoms with Gasteiger partial charge < -0.3 is 10.2 Å². The zero-order valence-corrected chi connectivity index (χ0v) is 16.6. The van der Waals surface area contributed by atoms with E-state index in [1.54, 1.807) is 6.07 Å². The number of aryl methyl sites for hydroxylation is 2. The van der Waals surface area contributed by atoms with Gasteiger partial charge >= 0.3 is 0 Å². The SMILES string of the molecule is CCN(c1cc(C(=O)Nc2ccc(C)c(C)c2)ncn1)C1CCS(=O)(=O)C1. The van der Waals surface area contributed by atoms with Crippen LogP contribution in [0.1, 0.15) is 35.0 Å². The lowest BCUT2D eigenvalue weighted by Gasteiger charge is -2.27. The van der Waals surface area contributed by atoms with Gasteiger partial charge in [0.05, 0.1) is 11.5 Å². The molecule has 0 bridgehead atoms. The van der Waals surface area contributed by atoms with Crippen LogP contribution < -0.4 is 10.2 Å². The minimum Gasteiger partial charge on any atom is -0.353 e. The molecular formula is C19H24N4O3S. The van der Waals surface area contributed by atoms with Crippen LogP contribution in [0.3, 0.4) is 0 Å². The van der Waals surface area contributed by atoms with Crippen molar-refractivity contribution in [3.05, 3.63) is 47.4 Å². The fourth-order valence-electron chi connectivity index (χ4n) is 3.27. The third kappa shape index (κ3) is 4.44. The molecule has 1 amide bonds. The first-order chi connectivity index (χ1) is 12.8. The second-order valence-corrected chi connectivity index (χ2v) is 9.09. The molecule has 1 saturated heterocycles. The van der Waals surface area contributed by atoms with Gasteiger partial charge in [-0.05, 0) is 50.5 Å². The zero-order valence-electron chi connectivity index (χ0n) is 15.8. The van der Waals surface area contributed by atoms with Crippen LogP contribution >= 0.6 is 0 Å². The Labute approximate surface area is 159 Å². The number of hydrogen-bond donors (Lipinski definition) is 1. The van der Waals surface area contributed by atoms with Crippen LogP contribution in [0.15, 0.2) is 30.6 Å². The number of carbonyl (C=O) groups is 1. The van der Waals surface area contributed by atoms with Crippen molar-refractivity contribution in [1.29, 1.82) is 0 Å². The normalized spacial score (nSPS) is 18.3. The first-order valence-electron chi connectivity index (χ1n) is 8.97. The van der Waals surface area contributed by atoms with E-state index in [1.165, 1.54) is 6.33 Å². The highest BCUT2D eigenvalue weighted by molar-refractivity contribution is 7.91. The van der Waals surface area contributed by atoms with Gasteiger partial charge in [-0.1, -0.05) is 6.07 Å². The third-order valence-corrected chi connectivity index (χ3v) is 6.68. The molecular weight excluding hydrogens is 364 g/mol. The van der Waals surface area contributed by atoms with Crippen molar-refractivity contribution in [3.8, 4) is 0 Å². The molecule has 0 aliphatic carbocycles. The van der Waals surface area contributed by atoms with Crippen LogP contribution in [-0.4, -0.2) is 48.4 Å². The number of carbonyl (C=O) groups excluding carboxylic acids is 1. The van der Waals surface area contributed by atoms with Crippen molar-refractivity contribution in [1.82, 2.24) is 9.97 Å². The lowest BCUT2D eigenvalue weighted by atomic mass is 10.1. The van der Waals surface area contributed by atoms with Crippen molar-refractivity contribution in [3.63, 3.8) is 0 Å². The second-order valence-electron chi connectivity index (χ2n) is 6.86. The molecule has 1 N–H and O–H groups in total. The molecule has 1 aromatic heterocycles. The number of sulfone groups is 1. The van der Waals surface area contributed by atoms with Gasteiger partial charge in [-0.15, -0.1) is 0 Å². The molecule has 1 aliphatic heterocycles. The molecule has 2 aromatic rings. The fraction of sp³-hybridized carbons (Fsp3) is 0.421. The highest BCUT2D eigenvalue weighted by Gasteiger charge is 2.32. The van der Waals surface area contributed by atoms with E-state index in [1.807, 2.05) is 43.9 Å². The Kier molecular flexibility index (Phi) is 5.46. The summed E-state index contributed by atoms with van der Waals surface area (Å²) in [6.45, 7) is 6.56. The molecule has 144 valence electrons. The summed E-state index contributed by atoms with van der Waals surface area (Å²) in [6, 6.07) is 7.22. The number of nitrogens with one attached hydrogen (secondary N) is 1. The maximum absolute atomic E-state index is 12.6. The quantitative estimate of drug-likeness (QED) is 0.845. The Hall–Kier alpha value is -2.48. The summed E-state index contributed by atoms with van der Waals surface area (Å²) in [5.41, 5.74) is 3.20. The Morgan fingerprint density at radius 2 is 2.00 bits per heavy atom. The molecule has 1 unspecified atom stereocenters.